The van der Waals surface area contributed by atoms with Crippen LogP contribution in [0.25, 0.3) is 22.3 Å². The van der Waals surface area contributed by atoms with Crippen LogP contribution in [-0.4, -0.2) is 24.9 Å². The van der Waals surface area contributed by atoms with Crippen molar-refractivity contribution < 1.29 is 4.52 Å². The topological polar surface area (TPSA) is 95.7 Å². The number of aryl methyl sites for hydroxylation is 2. The number of hydrogen-bond acceptors (Lipinski definition) is 7. The van der Waals surface area contributed by atoms with E-state index < -0.39 is 0 Å². The average Bonchev–Trinajstić information content (AvgIpc) is 2.98. The number of thiazole rings is 1. The molecule has 0 fully saturated rings. The van der Waals surface area contributed by atoms with Crippen LogP contribution in [0, 0.1) is 6.92 Å². The van der Waals surface area contributed by atoms with Gasteiger partial charge < -0.3 is 10.3 Å². The van der Waals surface area contributed by atoms with Crippen LogP contribution in [0.15, 0.2) is 16.8 Å². The normalized spacial score (nSPS) is 11.0. The maximum absolute atomic E-state index is 5.64. The van der Waals surface area contributed by atoms with Crippen molar-refractivity contribution in [2.24, 2.45) is 7.05 Å². The van der Waals surface area contributed by atoms with Gasteiger partial charge in [-0.15, -0.1) is 0 Å². The molecule has 0 saturated heterocycles. The molecule has 3 aromatic heterocycles. The Morgan fingerprint density at radius 3 is 2.83 bits per heavy atom. The maximum atomic E-state index is 5.64. The van der Waals surface area contributed by atoms with Gasteiger partial charge in [0.25, 0.3) is 5.89 Å². The first-order chi connectivity index (χ1) is 8.63. The molecule has 0 saturated carbocycles. The van der Waals surface area contributed by atoms with Crippen LogP contribution in [0.1, 0.15) is 5.69 Å². The molecule has 0 aromatic carbocycles. The van der Waals surface area contributed by atoms with Gasteiger partial charge in [0.05, 0.1) is 5.69 Å². The van der Waals surface area contributed by atoms with Gasteiger partial charge >= 0.3 is 0 Å². The Labute approximate surface area is 106 Å². The SMILES string of the molecule is Cc1nc(N)sc1-c1nc(-c2ccn(C)n2)no1. The summed E-state index contributed by atoms with van der Waals surface area (Å²) in [5, 5.41) is 8.60. The van der Waals surface area contributed by atoms with Gasteiger partial charge in [0.15, 0.2) is 5.13 Å². The Bertz CT molecular complexity index is 697. The van der Waals surface area contributed by atoms with Crippen LogP contribution in [-0.2, 0) is 7.05 Å². The van der Waals surface area contributed by atoms with Gasteiger partial charge in [-0.2, -0.15) is 10.1 Å². The van der Waals surface area contributed by atoms with Crippen LogP contribution < -0.4 is 5.73 Å². The van der Waals surface area contributed by atoms with Crippen molar-refractivity contribution in [1.82, 2.24) is 24.9 Å². The van der Waals surface area contributed by atoms with Crippen molar-refractivity contribution in [3.8, 4) is 22.3 Å². The van der Waals surface area contributed by atoms with Gasteiger partial charge in [-0.05, 0) is 13.0 Å². The lowest BCUT2D eigenvalue weighted by Gasteiger charge is -1.87. The Morgan fingerprint density at radius 2 is 2.22 bits per heavy atom. The average molecular weight is 262 g/mol. The number of rotatable bonds is 2. The summed E-state index contributed by atoms with van der Waals surface area (Å²) in [6.07, 6.45) is 1.82. The van der Waals surface area contributed by atoms with Gasteiger partial charge in [0.1, 0.15) is 10.6 Å². The minimum Gasteiger partial charge on any atom is -0.375 e. The van der Waals surface area contributed by atoms with Gasteiger partial charge in [0.2, 0.25) is 5.82 Å². The van der Waals surface area contributed by atoms with Crippen LogP contribution in [0.2, 0.25) is 0 Å². The molecule has 7 nitrogen and oxygen atoms in total. The summed E-state index contributed by atoms with van der Waals surface area (Å²) in [6.45, 7) is 1.85. The fourth-order valence-corrected chi connectivity index (χ4v) is 2.33. The zero-order valence-electron chi connectivity index (χ0n) is 9.78. The number of aromatic nitrogens is 5. The molecule has 0 radical (unpaired) electrons. The molecule has 3 heterocycles. The van der Waals surface area contributed by atoms with E-state index >= 15 is 0 Å². The molecule has 8 heteroatoms. The summed E-state index contributed by atoms with van der Waals surface area (Å²) in [7, 11) is 1.83. The highest BCUT2D eigenvalue weighted by Gasteiger charge is 2.17. The van der Waals surface area contributed by atoms with Crippen molar-refractivity contribution in [3.05, 3.63) is 18.0 Å². The molecule has 18 heavy (non-hydrogen) atoms. The van der Waals surface area contributed by atoms with E-state index in [0.717, 1.165) is 10.6 Å². The predicted molar refractivity (Wildman–Crippen MR) is 66.8 cm³/mol. The first-order valence-electron chi connectivity index (χ1n) is 5.20. The second kappa shape index (κ2) is 3.91. The molecular formula is C10H10N6OS. The monoisotopic (exact) mass is 262 g/mol. The number of nitrogens with two attached hydrogens (primary N) is 1. The third-order valence-electron chi connectivity index (χ3n) is 2.38. The quantitative estimate of drug-likeness (QED) is 0.751. The van der Waals surface area contributed by atoms with Crippen LogP contribution in [0.3, 0.4) is 0 Å². The molecule has 0 unspecified atom stereocenters. The smallest absolute Gasteiger partial charge is 0.270 e. The number of nitrogens with zero attached hydrogens (tertiary/aromatic N) is 5. The third kappa shape index (κ3) is 1.76. The van der Waals surface area contributed by atoms with Crippen molar-refractivity contribution in [1.29, 1.82) is 0 Å². The molecule has 0 atom stereocenters. The van der Waals surface area contributed by atoms with Crippen molar-refractivity contribution in [3.63, 3.8) is 0 Å². The Hall–Kier alpha value is -2.22. The first kappa shape index (κ1) is 10.9. The lowest BCUT2D eigenvalue weighted by molar-refractivity contribution is 0.432. The van der Waals surface area contributed by atoms with E-state index in [4.69, 9.17) is 10.3 Å². The highest BCUT2D eigenvalue weighted by atomic mass is 32.1. The molecule has 0 aliphatic rings. The van der Waals surface area contributed by atoms with E-state index in [1.807, 2.05) is 26.2 Å². The second-order valence-electron chi connectivity index (χ2n) is 3.76. The molecule has 92 valence electrons. The molecule has 0 aliphatic carbocycles. The van der Waals surface area contributed by atoms with Crippen LogP contribution in [0.4, 0.5) is 5.13 Å². The largest absolute Gasteiger partial charge is 0.375 e. The highest BCUT2D eigenvalue weighted by Crippen LogP contribution is 2.30. The van der Waals surface area contributed by atoms with E-state index in [1.165, 1.54) is 11.3 Å². The summed E-state index contributed by atoms with van der Waals surface area (Å²) in [5.74, 6) is 0.874. The van der Waals surface area contributed by atoms with Gasteiger partial charge in [-0.1, -0.05) is 16.5 Å². The molecule has 0 aliphatic heterocycles. The predicted octanol–water partition coefficient (Wildman–Crippen LogP) is 1.48. The molecular weight excluding hydrogens is 252 g/mol. The zero-order chi connectivity index (χ0) is 12.7. The standard InChI is InChI=1S/C10H10N6OS/c1-5-7(18-10(11)12-5)9-13-8(15-17-9)6-3-4-16(2)14-6/h3-4H,1-2H3,(H2,11,12). The molecule has 0 spiro atoms. The van der Waals surface area contributed by atoms with E-state index in [9.17, 15) is 0 Å². The minimum atomic E-state index is 0.419. The van der Waals surface area contributed by atoms with E-state index in [0.29, 0.717) is 22.5 Å². The maximum Gasteiger partial charge on any atom is 0.270 e. The molecule has 0 bridgehead atoms. The molecule has 3 aromatic rings. The van der Waals surface area contributed by atoms with Gasteiger partial charge in [-0.3, -0.25) is 4.68 Å². The van der Waals surface area contributed by atoms with Crippen molar-refractivity contribution >= 4 is 16.5 Å². The fraction of sp³-hybridized carbons (Fsp3) is 0.200. The third-order valence-corrected chi connectivity index (χ3v) is 3.35. The molecule has 3 rings (SSSR count). The number of hydrogen-bond donors (Lipinski definition) is 1. The van der Waals surface area contributed by atoms with E-state index in [1.54, 1.807) is 4.68 Å². The molecule has 2 N–H and O–H groups in total. The summed E-state index contributed by atoms with van der Waals surface area (Å²) in [4.78, 5) is 9.22. The Kier molecular flexibility index (Phi) is 2.37. The summed E-state index contributed by atoms with van der Waals surface area (Å²) in [6, 6.07) is 1.82. The van der Waals surface area contributed by atoms with Gasteiger partial charge in [-0.25, -0.2) is 4.98 Å². The lowest BCUT2D eigenvalue weighted by atomic mass is 10.4. The van der Waals surface area contributed by atoms with Crippen molar-refractivity contribution in [2.45, 2.75) is 6.92 Å². The summed E-state index contributed by atoms with van der Waals surface area (Å²) < 4.78 is 6.89. The Balaban J connectivity index is 2.01. The summed E-state index contributed by atoms with van der Waals surface area (Å²) in [5.41, 5.74) is 7.09. The summed E-state index contributed by atoms with van der Waals surface area (Å²) >= 11 is 1.33. The minimum absolute atomic E-state index is 0.419. The first-order valence-corrected chi connectivity index (χ1v) is 6.02. The van der Waals surface area contributed by atoms with Crippen LogP contribution >= 0.6 is 11.3 Å². The second-order valence-corrected chi connectivity index (χ2v) is 4.80. The van der Waals surface area contributed by atoms with Crippen molar-refractivity contribution in [2.75, 3.05) is 5.73 Å². The number of nitrogen functional groups attached to an aromatic ring is 1. The highest BCUT2D eigenvalue weighted by molar-refractivity contribution is 7.18. The van der Waals surface area contributed by atoms with E-state index in [-0.39, 0.29) is 0 Å². The van der Waals surface area contributed by atoms with Gasteiger partial charge in [0, 0.05) is 13.2 Å². The fourth-order valence-electron chi connectivity index (χ4n) is 1.57. The lowest BCUT2D eigenvalue weighted by Crippen LogP contribution is -1.88. The number of anilines is 1. The van der Waals surface area contributed by atoms with Crippen LogP contribution in [0.5, 0.6) is 0 Å². The van der Waals surface area contributed by atoms with E-state index in [2.05, 4.69) is 20.2 Å². The molecule has 0 amide bonds. The zero-order valence-corrected chi connectivity index (χ0v) is 10.6. The Morgan fingerprint density at radius 1 is 1.39 bits per heavy atom.